The molecule has 138 valence electrons. The molecule has 1 aromatic carbocycles. The molecule has 1 amide bonds. The Labute approximate surface area is 147 Å². The second-order valence-corrected chi connectivity index (χ2v) is 8.44. The van der Waals surface area contributed by atoms with Crippen LogP contribution in [0.2, 0.25) is 0 Å². The van der Waals surface area contributed by atoms with Gasteiger partial charge in [0.15, 0.2) is 16.4 Å². The fourth-order valence-electron chi connectivity index (χ4n) is 2.93. The molecule has 1 aromatic rings. The Balaban J connectivity index is 2.05. The summed E-state index contributed by atoms with van der Waals surface area (Å²) in [5.41, 5.74) is -0.0196. The molecule has 25 heavy (non-hydrogen) atoms. The molecule has 0 radical (unpaired) electrons. The van der Waals surface area contributed by atoms with Crippen LogP contribution >= 0.6 is 0 Å². The second kappa shape index (κ2) is 7.86. The zero-order valence-corrected chi connectivity index (χ0v) is 15.2. The summed E-state index contributed by atoms with van der Waals surface area (Å²) in [7, 11) is -3.13. The maximum atomic E-state index is 12.6. The van der Waals surface area contributed by atoms with E-state index in [9.17, 15) is 23.1 Å². The quantitative estimate of drug-likeness (QED) is 0.760. The van der Waals surface area contributed by atoms with Crippen LogP contribution in [0.25, 0.3) is 0 Å². The van der Waals surface area contributed by atoms with Gasteiger partial charge >= 0.3 is 5.97 Å². The van der Waals surface area contributed by atoms with Crippen LogP contribution < -0.4 is 0 Å². The Morgan fingerprint density at radius 1 is 1.36 bits per heavy atom. The first kappa shape index (κ1) is 19.2. The van der Waals surface area contributed by atoms with Crippen LogP contribution in [-0.2, 0) is 19.4 Å². The average Bonchev–Trinajstić information content (AvgIpc) is 2.92. The van der Waals surface area contributed by atoms with Gasteiger partial charge in [-0.25, -0.2) is 13.2 Å². The maximum Gasteiger partial charge on any atom is 0.342 e. The van der Waals surface area contributed by atoms with Crippen LogP contribution in [0.5, 0.6) is 5.75 Å². The standard InChI is InChI=1S/C17H23NO6S/c1-3-12(2)18(13-8-9-25(22,23)11-13)16(20)10-24-17(21)14-6-4-5-7-15(14)19/h4-7,12-13,19H,3,8-11H2,1-2H3/t12-,13-/m1/s1. The van der Waals surface area contributed by atoms with Crippen molar-refractivity contribution in [2.75, 3.05) is 18.1 Å². The van der Waals surface area contributed by atoms with Crippen LogP contribution in [0.4, 0.5) is 0 Å². The molecule has 1 aliphatic rings. The summed E-state index contributed by atoms with van der Waals surface area (Å²) in [5, 5.41) is 9.65. The zero-order chi connectivity index (χ0) is 18.6. The summed E-state index contributed by atoms with van der Waals surface area (Å²) >= 11 is 0. The molecule has 8 heteroatoms. The zero-order valence-electron chi connectivity index (χ0n) is 14.3. The molecule has 2 atom stereocenters. The lowest BCUT2D eigenvalue weighted by Gasteiger charge is -2.33. The first-order valence-corrected chi connectivity index (χ1v) is 10.0. The monoisotopic (exact) mass is 369 g/mol. The van der Waals surface area contributed by atoms with Gasteiger partial charge < -0.3 is 14.7 Å². The van der Waals surface area contributed by atoms with Gasteiger partial charge in [-0.3, -0.25) is 4.79 Å². The number of benzene rings is 1. The molecule has 0 bridgehead atoms. The van der Waals surface area contributed by atoms with Gasteiger partial charge in [-0.2, -0.15) is 0 Å². The number of carbonyl (C=O) groups is 2. The van der Waals surface area contributed by atoms with Gasteiger partial charge in [0, 0.05) is 12.1 Å². The van der Waals surface area contributed by atoms with Crippen molar-refractivity contribution in [2.24, 2.45) is 0 Å². The minimum absolute atomic E-state index is 0.0196. The molecular formula is C17H23NO6S. The lowest BCUT2D eigenvalue weighted by atomic mass is 10.1. The molecule has 0 aromatic heterocycles. The summed E-state index contributed by atoms with van der Waals surface area (Å²) in [4.78, 5) is 26.1. The van der Waals surface area contributed by atoms with Crippen LogP contribution in [-0.4, -0.2) is 60.5 Å². The topological polar surface area (TPSA) is 101 Å². The highest BCUT2D eigenvalue weighted by Crippen LogP contribution is 2.22. The van der Waals surface area contributed by atoms with E-state index in [1.54, 1.807) is 12.1 Å². The van der Waals surface area contributed by atoms with E-state index >= 15 is 0 Å². The summed E-state index contributed by atoms with van der Waals surface area (Å²) in [6, 6.07) is 5.35. The van der Waals surface area contributed by atoms with E-state index in [4.69, 9.17) is 4.74 Å². The lowest BCUT2D eigenvalue weighted by Crippen LogP contribution is -2.48. The molecule has 0 aliphatic carbocycles. The molecule has 0 spiro atoms. The summed E-state index contributed by atoms with van der Waals surface area (Å²) in [5.74, 6) is -1.44. The number of amides is 1. The van der Waals surface area contributed by atoms with E-state index in [1.165, 1.54) is 17.0 Å². The lowest BCUT2D eigenvalue weighted by molar-refractivity contribution is -0.138. The summed E-state index contributed by atoms with van der Waals surface area (Å²) in [6.07, 6.45) is 1.06. The minimum atomic E-state index is -3.13. The van der Waals surface area contributed by atoms with Gasteiger partial charge in [0.1, 0.15) is 11.3 Å². The van der Waals surface area contributed by atoms with Gasteiger partial charge in [0.25, 0.3) is 5.91 Å². The number of sulfone groups is 1. The van der Waals surface area contributed by atoms with Crippen molar-refractivity contribution in [2.45, 2.75) is 38.8 Å². The third-order valence-electron chi connectivity index (χ3n) is 4.41. The Bertz CT molecular complexity index is 745. The number of carbonyl (C=O) groups excluding carboxylic acids is 2. The first-order chi connectivity index (χ1) is 11.7. The third-order valence-corrected chi connectivity index (χ3v) is 6.16. The third kappa shape index (κ3) is 4.72. The second-order valence-electron chi connectivity index (χ2n) is 6.21. The predicted octanol–water partition coefficient (Wildman–Crippen LogP) is 1.36. The maximum absolute atomic E-state index is 12.6. The first-order valence-electron chi connectivity index (χ1n) is 8.22. The number of nitrogens with zero attached hydrogens (tertiary/aromatic N) is 1. The Kier molecular flexibility index (Phi) is 6.05. The number of aromatic hydroxyl groups is 1. The van der Waals surface area contributed by atoms with Crippen molar-refractivity contribution in [3.8, 4) is 5.75 Å². The molecule has 7 nitrogen and oxygen atoms in total. The Morgan fingerprint density at radius 2 is 2.04 bits per heavy atom. The Hall–Kier alpha value is -2.09. The van der Waals surface area contributed by atoms with Crippen molar-refractivity contribution in [1.29, 1.82) is 0 Å². The Morgan fingerprint density at radius 3 is 2.60 bits per heavy atom. The smallest absolute Gasteiger partial charge is 0.342 e. The van der Waals surface area contributed by atoms with Crippen molar-refractivity contribution in [1.82, 2.24) is 4.90 Å². The summed E-state index contributed by atoms with van der Waals surface area (Å²) < 4.78 is 28.5. The number of hydrogen-bond acceptors (Lipinski definition) is 6. The molecule has 2 rings (SSSR count). The molecule has 1 fully saturated rings. The van der Waals surface area contributed by atoms with Gasteiger partial charge in [0.2, 0.25) is 0 Å². The van der Waals surface area contributed by atoms with E-state index in [-0.39, 0.29) is 28.9 Å². The van der Waals surface area contributed by atoms with E-state index in [0.717, 1.165) is 0 Å². The van der Waals surface area contributed by atoms with Crippen molar-refractivity contribution in [3.63, 3.8) is 0 Å². The molecule has 0 unspecified atom stereocenters. The number of hydrogen-bond donors (Lipinski definition) is 1. The van der Waals surface area contributed by atoms with Crippen molar-refractivity contribution < 1.29 is 27.9 Å². The highest BCUT2D eigenvalue weighted by Gasteiger charge is 2.36. The molecular weight excluding hydrogens is 346 g/mol. The van der Waals surface area contributed by atoms with E-state index in [1.807, 2.05) is 13.8 Å². The molecule has 1 heterocycles. The highest BCUT2D eigenvalue weighted by molar-refractivity contribution is 7.91. The van der Waals surface area contributed by atoms with Gasteiger partial charge in [0.05, 0.1) is 11.5 Å². The fourth-order valence-corrected chi connectivity index (χ4v) is 4.64. The number of ether oxygens (including phenoxy) is 1. The average molecular weight is 369 g/mol. The normalized spacial score (nSPS) is 20.0. The van der Waals surface area contributed by atoms with Gasteiger partial charge in [-0.1, -0.05) is 19.1 Å². The van der Waals surface area contributed by atoms with Crippen LogP contribution in [0.3, 0.4) is 0 Å². The number of para-hydroxylation sites is 1. The van der Waals surface area contributed by atoms with E-state index < -0.39 is 34.4 Å². The molecule has 1 saturated heterocycles. The van der Waals surface area contributed by atoms with Crippen LogP contribution in [0, 0.1) is 0 Å². The van der Waals surface area contributed by atoms with Crippen LogP contribution in [0.1, 0.15) is 37.0 Å². The van der Waals surface area contributed by atoms with Gasteiger partial charge in [-0.15, -0.1) is 0 Å². The highest BCUT2D eigenvalue weighted by atomic mass is 32.2. The van der Waals surface area contributed by atoms with Crippen LogP contribution in [0.15, 0.2) is 24.3 Å². The van der Waals surface area contributed by atoms with Gasteiger partial charge in [-0.05, 0) is 31.9 Å². The van der Waals surface area contributed by atoms with Crippen molar-refractivity contribution >= 4 is 21.7 Å². The fraction of sp³-hybridized carbons (Fsp3) is 0.529. The number of phenols is 1. The number of esters is 1. The van der Waals surface area contributed by atoms with E-state index in [2.05, 4.69) is 0 Å². The molecule has 1 aliphatic heterocycles. The minimum Gasteiger partial charge on any atom is -0.507 e. The number of phenolic OH excluding ortho intramolecular Hbond substituents is 1. The SMILES string of the molecule is CC[C@@H](C)N(C(=O)COC(=O)c1ccccc1O)[C@@H]1CCS(=O)(=O)C1. The predicted molar refractivity (Wildman–Crippen MR) is 92.0 cm³/mol. The summed E-state index contributed by atoms with van der Waals surface area (Å²) in [6.45, 7) is 3.25. The number of rotatable bonds is 6. The van der Waals surface area contributed by atoms with Crippen molar-refractivity contribution in [3.05, 3.63) is 29.8 Å². The molecule has 1 N–H and O–H groups in total. The largest absolute Gasteiger partial charge is 0.507 e. The van der Waals surface area contributed by atoms with E-state index in [0.29, 0.717) is 12.8 Å². The molecule has 0 saturated carbocycles.